The Bertz CT molecular complexity index is 693. The number of nitrogens with zero attached hydrogens (tertiary/aromatic N) is 1. The van der Waals surface area contributed by atoms with Crippen LogP contribution < -0.4 is 10.6 Å². The Labute approximate surface area is 132 Å². The van der Waals surface area contributed by atoms with E-state index in [9.17, 15) is 4.79 Å². The molecule has 0 aliphatic carbocycles. The van der Waals surface area contributed by atoms with Crippen LogP contribution in [-0.2, 0) is 4.79 Å². The molecule has 0 fully saturated rings. The third kappa shape index (κ3) is 4.38. The van der Waals surface area contributed by atoms with Crippen LogP contribution in [0, 0.1) is 11.3 Å². The lowest BCUT2D eigenvalue weighted by Gasteiger charge is -2.09. The first-order valence-corrected chi connectivity index (χ1v) is 6.83. The highest BCUT2D eigenvalue weighted by atomic mass is 35.5. The van der Waals surface area contributed by atoms with E-state index in [-0.39, 0.29) is 12.5 Å². The Kier molecular flexibility index (Phi) is 5.04. The minimum Gasteiger partial charge on any atom is -0.376 e. The summed E-state index contributed by atoms with van der Waals surface area (Å²) in [7, 11) is 0. The number of anilines is 2. The zero-order valence-electron chi connectivity index (χ0n) is 10.9. The van der Waals surface area contributed by atoms with E-state index < -0.39 is 0 Å². The smallest absolute Gasteiger partial charge is 0.243 e. The average Bonchev–Trinajstić information content (AvgIpc) is 2.47. The molecule has 0 heterocycles. The first-order chi connectivity index (χ1) is 10.1. The van der Waals surface area contributed by atoms with Gasteiger partial charge < -0.3 is 10.6 Å². The lowest BCUT2D eigenvalue weighted by molar-refractivity contribution is -0.114. The van der Waals surface area contributed by atoms with Gasteiger partial charge in [-0.15, -0.1) is 0 Å². The fourth-order valence-corrected chi connectivity index (χ4v) is 1.96. The molecule has 2 N–H and O–H groups in total. The van der Waals surface area contributed by atoms with E-state index in [0.29, 0.717) is 21.3 Å². The van der Waals surface area contributed by atoms with Gasteiger partial charge in [-0.05, 0) is 42.5 Å². The summed E-state index contributed by atoms with van der Waals surface area (Å²) in [5.41, 5.74) is 1.54. The van der Waals surface area contributed by atoms with Gasteiger partial charge in [-0.25, -0.2) is 0 Å². The number of carbonyl (C=O) groups is 1. The van der Waals surface area contributed by atoms with Crippen molar-refractivity contribution in [1.29, 1.82) is 5.26 Å². The van der Waals surface area contributed by atoms with Crippen molar-refractivity contribution in [2.75, 3.05) is 17.2 Å². The standard InChI is InChI=1S/C15H11Cl2N3O/c16-11-3-5-13(6-4-11)19-9-15(21)20-14-7-12(17)2-1-10(14)8-18/h1-7,19H,9H2,(H,20,21). The first-order valence-electron chi connectivity index (χ1n) is 6.07. The van der Waals surface area contributed by atoms with Gasteiger partial charge in [0.15, 0.2) is 0 Å². The fourth-order valence-electron chi connectivity index (χ4n) is 1.66. The minimum absolute atomic E-state index is 0.0685. The van der Waals surface area contributed by atoms with E-state index in [2.05, 4.69) is 10.6 Å². The fraction of sp³-hybridized carbons (Fsp3) is 0.0667. The summed E-state index contributed by atoms with van der Waals surface area (Å²) in [6.45, 7) is 0.0685. The van der Waals surface area contributed by atoms with E-state index in [0.717, 1.165) is 5.69 Å². The van der Waals surface area contributed by atoms with Crippen molar-refractivity contribution in [3.8, 4) is 6.07 Å². The molecule has 0 atom stereocenters. The topological polar surface area (TPSA) is 64.9 Å². The summed E-state index contributed by atoms with van der Waals surface area (Å²) in [4.78, 5) is 11.9. The van der Waals surface area contributed by atoms with Crippen LogP contribution in [-0.4, -0.2) is 12.5 Å². The lowest BCUT2D eigenvalue weighted by atomic mass is 10.2. The molecule has 0 aliphatic rings. The van der Waals surface area contributed by atoms with Gasteiger partial charge >= 0.3 is 0 Å². The van der Waals surface area contributed by atoms with E-state index in [1.165, 1.54) is 0 Å². The molecular weight excluding hydrogens is 309 g/mol. The number of hydrogen-bond donors (Lipinski definition) is 2. The zero-order valence-corrected chi connectivity index (χ0v) is 12.4. The Hall–Kier alpha value is -2.22. The van der Waals surface area contributed by atoms with E-state index >= 15 is 0 Å². The molecule has 2 aromatic rings. The summed E-state index contributed by atoms with van der Waals surface area (Å²) >= 11 is 11.6. The second-order valence-corrected chi connectivity index (χ2v) is 5.08. The predicted octanol–water partition coefficient (Wildman–Crippen LogP) is 3.92. The Morgan fingerprint density at radius 1 is 1.10 bits per heavy atom. The molecule has 1 amide bonds. The zero-order chi connectivity index (χ0) is 15.2. The van der Waals surface area contributed by atoms with Crippen LogP contribution in [0.4, 0.5) is 11.4 Å². The largest absolute Gasteiger partial charge is 0.376 e. The van der Waals surface area contributed by atoms with Crippen molar-refractivity contribution < 1.29 is 4.79 Å². The number of hydrogen-bond acceptors (Lipinski definition) is 3. The molecule has 0 bridgehead atoms. The van der Waals surface area contributed by atoms with E-state index in [4.69, 9.17) is 28.5 Å². The summed E-state index contributed by atoms with van der Waals surface area (Å²) in [5.74, 6) is -0.274. The van der Waals surface area contributed by atoms with Crippen molar-refractivity contribution in [3.63, 3.8) is 0 Å². The van der Waals surface area contributed by atoms with Gasteiger partial charge in [0.1, 0.15) is 6.07 Å². The van der Waals surface area contributed by atoms with Crippen molar-refractivity contribution in [3.05, 3.63) is 58.1 Å². The normalized spacial score (nSPS) is 9.76. The lowest BCUT2D eigenvalue weighted by Crippen LogP contribution is -2.22. The number of nitrogens with one attached hydrogen (secondary N) is 2. The number of amides is 1. The molecule has 0 spiro atoms. The van der Waals surface area contributed by atoms with Crippen molar-refractivity contribution in [1.82, 2.24) is 0 Å². The maximum atomic E-state index is 11.9. The summed E-state index contributed by atoms with van der Waals surface area (Å²) in [5, 5.41) is 15.7. The van der Waals surface area contributed by atoms with Crippen LogP contribution in [0.2, 0.25) is 10.0 Å². The molecule has 0 radical (unpaired) electrons. The number of rotatable bonds is 4. The Morgan fingerprint density at radius 3 is 2.43 bits per heavy atom. The molecule has 21 heavy (non-hydrogen) atoms. The number of nitriles is 1. The number of carbonyl (C=O) groups excluding carboxylic acids is 1. The second kappa shape index (κ2) is 6.98. The molecule has 6 heteroatoms. The third-order valence-electron chi connectivity index (χ3n) is 2.67. The van der Waals surface area contributed by atoms with Gasteiger partial charge in [0.25, 0.3) is 0 Å². The molecule has 0 saturated carbocycles. The van der Waals surface area contributed by atoms with Gasteiger partial charge in [-0.3, -0.25) is 4.79 Å². The van der Waals surface area contributed by atoms with E-state index in [1.807, 2.05) is 6.07 Å². The molecule has 0 aliphatic heterocycles. The molecule has 0 unspecified atom stereocenters. The predicted molar refractivity (Wildman–Crippen MR) is 84.7 cm³/mol. The van der Waals surface area contributed by atoms with Crippen LogP contribution in [0.3, 0.4) is 0 Å². The van der Waals surface area contributed by atoms with Crippen LogP contribution >= 0.6 is 23.2 Å². The Balaban J connectivity index is 1.97. The monoisotopic (exact) mass is 319 g/mol. The number of benzene rings is 2. The summed E-state index contributed by atoms with van der Waals surface area (Å²) < 4.78 is 0. The molecule has 2 aromatic carbocycles. The molecule has 0 saturated heterocycles. The quantitative estimate of drug-likeness (QED) is 0.897. The van der Waals surface area contributed by atoms with E-state index in [1.54, 1.807) is 42.5 Å². The van der Waals surface area contributed by atoms with Crippen LogP contribution in [0.25, 0.3) is 0 Å². The SMILES string of the molecule is N#Cc1ccc(Cl)cc1NC(=O)CNc1ccc(Cl)cc1. The highest BCUT2D eigenvalue weighted by Gasteiger charge is 2.07. The number of halogens is 2. The Morgan fingerprint density at radius 2 is 1.76 bits per heavy atom. The molecule has 106 valence electrons. The molecule has 4 nitrogen and oxygen atoms in total. The first kappa shape index (κ1) is 15.2. The average molecular weight is 320 g/mol. The maximum Gasteiger partial charge on any atom is 0.243 e. The minimum atomic E-state index is -0.274. The highest BCUT2D eigenvalue weighted by Crippen LogP contribution is 2.20. The molecular formula is C15H11Cl2N3O. The van der Waals surface area contributed by atoms with Crippen LogP contribution in [0.1, 0.15) is 5.56 Å². The summed E-state index contributed by atoms with van der Waals surface area (Å²) in [6, 6.07) is 13.7. The van der Waals surface area contributed by atoms with Crippen molar-refractivity contribution in [2.45, 2.75) is 0 Å². The van der Waals surface area contributed by atoms with Crippen LogP contribution in [0.15, 0.2) is 42.5 Å². The highest BCUT2D eigenvalue weighted by molar-refractivity contribution is 6.31. The maximum absolute atomic E-state index is 11.9. The molecule has 2 rings (SSSR count). The van der Waals surface area contributed by atoms with Crippen molar-refractivity contribution >= 4 is 40.5 Å². The van der Waals surface area contributed by atoms with Gasteiger partial charge in [0.2, 0.25) is 5.91 Å². The van der Waals surface area contributed by atoms with Crippen LogP contribution in [0.5, 0.6) is 0 Å². The molecule has 0 aromatic heterocycles. The van der Waals surface area contributed by atoms with Gasteiger partial charge in [0.05, 0.1) is 17.8 Å². The third-order valence-corrected chi connectivity index (χ3v) is 3.16. The second-order valence-electron chi connectivity index (χ2n) is 4.21. The van der Waals surface area contributed by atoms with Gasteiger partial charge in [-0.1, -0.05) is 23.2 Å². The summed E-state index contributed by atoms with van der Waals surface area (Å²) in [6.07, 6.45) is 0. The van der Waals surface area contributed by atoms with Crippen molar-refractivity contribution in [2.24, 2.45) is 0 Å². The van der Waals surface area contributed by atoms with Gasteiger partial charge in [0, 0.05) is 15.7 Å². The van der Waals surface area contributed by atoms with Gasteiger partial charge in [-0.2, -0.15) is 5.26 Å².